The summed E-state index contributed by atoms with van der Waals surface area (Å²) in [5, 5.41) is 0. The van der Waals surface area contributed by atoms with Crippen LogP contribution in [0.1, 0.15) is 168 Å². The minimum Gasteiger partial charge on any atom is -0.463 e. The molecule has 0 aromatic heterocycles. The van der Waals surface area contributed by atoms with E-state index >= 15 is 0 Å². The van der Waals surface area contributed by atoms with E-state index < -0.39 is 0 Å². The average molecular weight is 953 g/mol. The molecular weight excluding hydrogens is 849 g/mol. The summed E-state index contributed by atoms with van der Waals surface area (Å²) in [6.45, 7) is 17.5. The third-order valence-electron chi connectivity index (χ3n) is 10.7. The first-order chi connectivity index (χ1) is 32.8. The van der Waals surface area contributed by atoms with Gasteiger partial charge in [-0.05, 0) is 12.8 Å². The molecule has 0 aliphatic carbocycles. The molecule has 66 heavy (non-hydrogen) atoms. The first-order valence-corrected chi connectivity index (χ1v) is 26.9. The van der Waals surface area contributed by atoms with Crippen LogP contribution in [0.3, 0.4) is 0 Å². The van der Waals surface area contributed by atoms with Crippen LogP contribution in [0.2, 0.25) is 0 Å². The summed E-state index contributed by atoms with van der Waals surface area (Å²) in [6.07, 6.45) is 30.7. The number of unbranched alkanes of at least 4 members (excludes halogenated alkanes) is 21. The molecule has 0 atom stereocenters. The summed E-state index contributed by atoms with van der Waals surface area (Å²) >= 11 is 0. The van der Waals surface area contributed by atoms with Crippen molar-refractivity contribution in [3.05, 3.63) is 0 Å². The van der Waals surface area contributed by atoms with Gasteiger partial charge in [-0.25, -0.2) is 0 Å². The van der Waals surface area contributed by atoms with Crippen LogP contribution in [0.15, 0.2) is 0 Å². The Bertz CT molecular complexity index is 873. The smallest absolute Gasteiger partial charge is 0.305 e. The predicted octanol–water partition coefficient (Wildman–Crippen LogP) is 10.1. The second kappa shape index (κ2) is 62.0. The maximum atomic E-state index is 11.9. The molecule has 0 heterocycles. The first kappa shape index (κ1) is 65.0. The zero-order chi connectivity index (χ0) is 47.4. The maximum Gasteiger partial charge on any atom is 0.305 e. The van der Waals surface area contributed by atoms with Gasteiger partial charge < -0.3 is 61.6 Å². The Morgan fingerprint density at radius 1 is 0.212 bits per heavy atom. The third-order valence-corrected chi connectivity index (χ3v) is 10.7. The molecule has 0 unspecified atom stereocenters. The van der Waals surface area contributed by atoms with Crippen molar-refractivity contribution >= 4 is 5.97 Å². The number of carbonyl (C=O) groups excluding carboxylic acids is 1. The van der Waals surface area contributed by atoms with Crippen molar-refractivity contribution in [2.75, 3.05) is 165 Å². The normalized spacial score (nSPS) is 11.6. The molecule has 0 aliphatic rings. The maximum absolute atomic E-state index is 11.9. The van der Waals surface area contributed by atoms with E-state index in [1.54, 1.807) is 0 Å². The second-order valence-electron chi connectivity index (χ2n) is 16.7. The predicted molar refractivity (Wildman–Crippen MR) is 263 cm³/mol. The van der Waals surface area contributed by atoms with Gasteiger partial charge in [-0.1, -0.05) is 149 Å². The Morgan fingerprint density at radius 2 is 0.394 bits per heavy atom. The van der Waals surface area contributed by atoms with E-state index in [1.807, 2.05) is 0 Å². The average Bonchev–Trinajstić information content (AvgIpc) is 3.32. The zero-order valence-electron chi connectivity index (χ0n) is 42.9. The van der Waals surface area contributed by atoms with Crippen LogP contribution in [0.25, 0.3) is 0 Å². The monoisotopic (exact) mass is 953 g/mol. The number of hydrogen-bond acceptors (Lipinski definition) is 14. The van der Waals surface area contributed by atoms with Crippen molar-refractivity contribution in [2.45, 2.75) is 168 Å². The van der Waals surface area contributed by atoms with Gasteiger partial charge in [-0.15, -0.1) is 0 Å². The van der Waals surface area contributed by atoms with Gasteiger partial charge in [0, 0.05) is 13.0 Å². The quantitative estimate of drug-likeness (QED) is 0.0422. The highest BCUT2D eigenvalue weighted by molar-refractivity contribution is 5.69. The Kier molecular flexibility index (Phi) is 61.1. The van der Waals surface area contributed by atoms with Crippen LogP contribution in [-0.2, 0) is 66.4 Å². The number of carbonyl (C=O) groups is 1. The van der Waals surface area contributed by atoms with Gasteiger partial charge in [-0.2, -0.15) is 0 Å². The fourth-order valence-electron chi connectivity index (χ4n) is 6.79. The lowest BCUT2D eigenvalue weighted by Gasteiger charge is -2.09. The number of ether oxygens (including phenoxy) is 13. The Labute approximate surface area is 404 Å². The molecule has 0 rings (SSSR count). The van der Waals surface area contributed by atoms with Gasteiger partial charge in [0.2, 0.25) is 0 Å². The highest BCUT2D eigenvalue weighted by atomic mass is 16.6. The van der Waals surface area contributed by atoms with E-state index in [0.29, 0.717) is 158 Å². The van der Waals surface area contributed by atoms with Gasteiger partial charge in [-0.3, -0.25) is 4.79 Å². The van der Waals surface area contributed by atoms with Crippen molar-refractivity contribution in [3.8, 4) is 0 Å². The van der Waals surface area contributed by atoms with Crippen molar-refractivity contribution in [1.29, 1.82) is 0 Å². The highest BCUT2D eigenvalue weighted by Crippen LogP contribution is 2.13. The van der Waals surface area contributed by atoms with Crippen LogP contribution in [0, 0.1) is 0 Å². The van der Waals surface area contributed by atoms with Gasteiger partial charge in [0.25, 0.3) is 0 Å². The second-order valence-corrected chi connectivity index (χ2v) is 16.7. The number of esters is 1. The molecule has 0 saturated heterocycles. The lowest BCUT2D eigenvalue weighted by Crippen LogP contribution is -2.15. The van der Waals surface area contributed by atoms with Crippen LogP contribution in [0.4, 0.5) is 0 Å². The van der Waals surface area contributed by atoms with E-state index in [1.165, 1.54) is 128 Å². The number of rotatable bonds is 61. The van der Waals surface area contributed by atoms with Gasteiger partial charge in [0.05, 0.1) is 152 Å². The molecule has 396 valence electrons. The van der Waals surface area contributed by atoms with Crippen LogP contribution in [0.5, 0.6) is 0 Å². The fourth-order valence-corrected chi connectivity index (χ4v) is 6.79. The Morgan fingerprint density at radius 3 is 0.636 bits per heavy atom. The molecule has 0 amide bonds. The lowest BCUT2D eigenvalue weighted by molar-refractivity contribution is -0.145. The standard InChI is InChI=1S/C52H104O14/c1-3-5-7-9-11-13-15-16-17-18-20-22-24-26-52(53)66-51-50-65-49-48-64-47-46-63-45-44-62-43-42-61-41-40-60-39-38-59-37-36-58-35-34-57-33-32-56-31-30-55-29-28-54-27-25-23-21-19-14-12-10-8-6-4-2/h3-51H2,1-2H3. The van der Waals surface area contributed by atoms with Crippen LogP contribution >= 0.6 is 0 Å². The minimum absolute atomic E-state index is 0.131. The van der Waals surface area contributed by atoms with Crippen molar-refractivity contribution < 1.29 is 66.4 Å². The molecule has 0 radical (unpaired) electrons. The van der Waals surface area contributed by atoms with Gasteiger partial charge in [0.15, 0.2) is 0 Å². The fraction of sp³-hybridized carbons (Fsp3) is 0.981. The van der Waals surface area contributed by atoms with Gasteiger partial charge in [0.1, 0.15) is 6.61 Å². The van der Waals surface area contributed by atoms with E-state index in [0.717, 1.165) is 25.9 Å². The Balaban J connectivity index is 3.11. The molecule has 0 saturated carbocycles. The van der Waals surface area contributed by atoms with Crippen molar-refractivity contribution in [1.82, 2.24) is 0 Å². The Hall–Kier alpha value is -1.01. The molecule has 14 nitrogen and oxygen atoms in total. The molecule has 0 N–H and O–H groups in total. The molecule has 0 aromatic rings. The number of hydrogen-bond donors (Lipinski definition) is 0. The van der Waals surface area contributed by atoms with Crippen LogP contribution in [-0.4, -0.2) is 171 Å². The summed E-state index contributed by atoms with van der Waals surface area (Å²) < 4.78 is 71.7. The summed E-state index contributed by atoms with van der Waals surface area (Å²) in [5.74, 6) is -0.131. The largest absolute Gasteiger partial charge is 0.463 e. The lowest BCUT2D eigenvalue weighted by atomic mass is 10.0. The van der Waals surface area contributed by atoms with E-state index in [2.05, 4.69) is 13.8 Å². The van der Waals surface area contributed by atoms with E-state index in [-0.39, 0.29) is 12.6 Å². The van der Waals surface area contributed by atoms with Gasteiger partial charge >= 0.3 is 5.97 Å². The minimum atomic E-state index is -0.131. The summed E-state index contributed by atoms with van der Waals surface area (Å²) in [4.78, 5) is 11.9. The topological polar surface area (TPSA) is 137 Å². The molecule has 0 aromatic carbocycles. The molecule has 0 fully saturated rings. The SMILES string of the molecule is CCCCCCCCCCCCCCCC(=O)OCCOCCOCCOCCOCCOCCOCCOCCOCCOCCOCCOCCOCCCCCCCCCCCC. The molecule has 0 spiro atoms. The van der Waals surface area contributed by atoms with Crippen molar-refractivity contribution in [2.24, 2.45) is 0 Å². The van der Waals surface area contributed by atoms with Crippen LogP contribution < -0.4 is 0 Å². The molecular formula is C52H104O14. The summed E-state index contributed by atoms with van der Waals surface area (Å²) in [5.41, 5.74) is 0. The highest BCUT2D eigenvalue weighted by Gasteiger charge is 2.03. The summed E-state index contributed by atoms with van der Waals surface area (Å²) in [7, 11) is 0. The van der Waals surface area contributed by atoms with E-state index in [4.69, 9.17) is 61.6 Å². The third kappa shape index (κ3) is 61.0. The molecule has 0 bridgehead atoms. The van der Waals surface area contributed by atoms with E-state index in [9.17, 15) is 4.79 Å². The van der Waals surface area contributed by atoms with Crippen molar-refractivity contribution in [3.63, 3.8) is 0 Å². The molecule has 14 heteroatoms. The molecule has 0 aliphatic heterocycles. The summed E-state index contributed by atoms with van der Waals surface area (Å²) in [6, 6.07) is 0. The zero-order valence-corrected chi connectivity index (χ0v) is 42.9. The first-order valence-electron chi connectivity index (χ1n) is 26.9.